The molecule has 0 amide bonds. The molecule has 1 heterocycles. The summed E-state index contributed by atoms with van der Waals surface area (Å²) < 4.78 is 0. The van der Waals surface area contributed by atoms with Gasteiger partial charge in [-0.15, -0.1) is 11.8 Å². The SMILES string of the molecule is CSc1cnc(N)nc1-c1ccc(Cl)cc1. The number of anilines is 1. The van der Waals surface area contributed by atoms with Crippen molar-refractivity contribution in [2.75, 3.05) is 12.0 Å². The number of hydrogen-bond acceptors (Lipinski definition) is 4. The van der Waals surface area contributed by atoms with Crippen molar-refractivity contribution in [2.45, 2.75) is 4.90 Å². The number of rotatable bonds is 2. The Balaban J connectivity index is 2.53. The van der Waals surface area contributed by atoms with Gasteiger partial charge in [0.15, 0.2) is 0 Å². The van der Waals surface area contributed by atoms with E-state index in [0.29, 0.717) is 5.02 Å². The molecule has 0 saturated heterocycles. The van der Waals surface area contributed by atoms with Gasteiger partial charge in [-0.1, -0.05) is 23.7 Å². The van der Waals surface area contributed by atoms with Crippen LogP contribution in [0.4, 0.5) is 5.95 Å². The van der Waals surface area contributed by atoms with Crippen LogP contribution in [0.25, 0.3) is 11.3 Å². The Hall–Kier alpha value is -1.26. The third-order valence-corrected chi connectivity index (χ3v) is 3.10. The molecular formula is C11H10ClN3S. The molecule has 2 N–H and O–H groups in total. The maximum absolute atomic E-state index is 5.84. The largest absolute Gasteiger partial charge is 0.368 e. The highest BCUT2D eigenvalue weighted by Crippen LogP contribution is 2.28. The molecule has 0 unspecified atom stereocenters. The van der Waals surface area contributed by atoms with Crippen molar-refractivity contribution < 1.29 is 0 Å². The van der Waals surface area contributed by atoms with Gasteiger partial charge in [-0.25, -0.2) is 9.97 Å². The lowest BCUT2D eigenvalue weighted by atomic mass is 10.1. The van der Waals surface area contributed by atoms with Crippen LogP contribution in [0, 0.1) is 0 Å². The highest BCUT2D eigenvalue weighted by Gasteiger charge is 2.07. The number of nitrogen functional groups attached to an aromatic ring is 1. The average Bonchev–Trinajstić information content (AvgIpc) is 2.30. The lowest BCUT2D eigenvalue weighted by Gasteiger charge is -2.06. The van der Waals surface area contributed by atoms with Crippen LogP contribution in [-0.2, 0) is 0 Å². The number of hydrogen-bond donors (Lipinski definition) is 1. The van der Waals surface area contributed by atoms with Gasteiger partial charge in [0.05, 0.1) is 10.6 Å². The number of halogens is 1. The van der Waals surface area contributed by atoms with Gasteiger partial charge in [-0.3, -0.25) is 0 Å². The van der Waals surface area contributed by atoms with Crippen LogP contribution in [-0.4, -0.2) is 16.2 Å². The molecular weight excluding hydrogens is 242 g/mol. The number of nitrogens with zero attached hydrogens (tertiary/aromatic N) is 2. The maximum atomic E-state index is 5.84. The molecule has 0 fully saturated rings. The third kappa shape index (κ3) is 2.28. The quantitative estimate of drug-likeness (QED) is 0.834. The first kappa shape index (κ1) is 11.2. The van der Waals surface area contributed by atoms with Crippen LogP contribution >= 0.6 is 23.4 Å². The molecule has 2 rings (SSSR count). The smallest absolute Gasteiger partial charge is 0.220 e. The van der Waals surface area contributed by atoms with Crippen LogP contribution in [0.5, 0.6) is 0 Å². The predicted molar refractivity (Wildman–Crippen MR) is 68.7 cm³/mol. The summed E-state index contributed by atoms with van der Waals surface area (Å²) in [6.45, 7) is 0. The molecule has 0 radical (unpaired) electrons. The van der Waals surface area contributed by atoms with Crippen molar-refractivity contribution in [3.05, 3.63) is 35.5 Å². The Morgan fingerprint density at radius 1 is 1.25 bits per heavy atom. The fourth-order valence-corrected chi connectivity index (χ4v) is 1.99. The van der Waals surface area contributed by atoms with E-state index in [9.17, 15) is 0 Å². The van der Waals surface area contributed by atoms with Gasteiger partial charge in [0.25, 0.3) is 0 Å². The van der Waals surface area contributed by atoms with E-state index in [1.807, 2.05) is 30.5 Å². The summed E-state index contributed by atoms with van der Waals surface area (Å²) in [5.41, 5.74) is 7.42. The van der Waals surface area contributed by atoms with E-state index in [-0.39, 0.29) is 5.95 Å². The van der Waals surface area contributed by atoms with Gasteiger partial charge in [0, 0.05) is 16.8 Å². The minimum Gasteiger partial charge on any atom is -0.368 e. The van der Waals surface area contributed by atoms with E-state index >= 15 is 0 Å². The van der Waals surface area contributed by atoms with Gasteiger partial charge in [0.1, 0.15) is 0 Å². The van der Waals surface area contributed by atoms with E-state index in [1.54, 1.807) is 18.0 Å². The molecule has 82 valence electrons. The molecule has 1 aromatic carbocycles. The van der Waals surface area contributed by atoms with Crippen LogP contribution in [0.2, 0.25) is 5.02 Å². The van der Waals surface area contributed by atoms with Crippen LogP contribution < -0.4 is 5.73 Å². The van der Waals surface area contributed by atoms with Crippen LogP contribution in [0.3, 0.4) is 0 Å². The second kappa shape index (κ2) is 4.72. The Morgan fingerprint density at radius 3 is 2.56 bits per heavy atom. The third-order valence-electron chi connectivity index (χ3n) is 2.11. The molecule has 16 heavy (non-hydrogen) atoms. The second-order valence-corrected chi connectivity index (χ2v) is 4.44. The Labute approximate surface area is 103 Å². The summed E-state index contributed by atoms with van der Waals surface area (Å²) in [7, 11) is 0. The van der Waals surface area contributed by atoms with Crippen LogP contribution in [0.1, 0.15) is 0 Å². The van der Waals surface area contributed by atoms with Gasteiger partial charge < -0.3 is 5.73 Å². The topological polar surface area (TPSA) is 51.8 Å². The normalized spacial score (nSPS) is 10.4. The second-order valence-electron chi connectivity index (χ2n) is 3.15. The number of thioether (sulfide) groups is 1. The van der Waals surface area contributed by atoms with Crippen molar-refractivity contribution >= 4 is 29.3 Å². The zero-order valence-corrected chi connectivity index (χ0v) is 10.2. The van der Waals surface area contributed by atoms with Crippen molar-refractivity contribution in [3.63, 3.8) is 0 Å². The van der Waals surface area contributed by atoms with E-state index in [2.05, 4.69) is 9.97 Å². The van der Waals surface area contributed by atoms with Crippen molar-refractivity contribution in [1.82, 2.24) is 9.97 Å². The molecule has 2 aromatic rings. The molecule has 0 aliphatic rings. The highest BCUT2D eigenvalue weighted by atomic mass is 35.5. The number of aromatic nitrogens is 2. The van der Waals surface area contributed by atoms with Crippen LogP contribution in [0.15, 0.2) is 35.4 Å². The zero-order chi connectivity index (χ0) is 11.5. The minimum absolute atomic E-state index is 0.280. The molecule has 0 atom stereocenters. The molecule has 5 heteroatoms. The van der Waals surface area contributed by atoms with E-state index in [1.165, 1.54) is 0 Å². The number of nitrogens with two attached hydrogens (primary N) is 1. The van der Waals surface area contributed by atoms with Gasteiger partial charge >= 0.3 is 0 Å². The average molecular weight is 252 g/mol. The number of benzene rings is 1. The monoisotopic (exact) mass is 251 g/mol. The molecule has 0 aliphatic carbocycles. The predicted octanol–water partition coefficient (Wildman–Crippen LogP) is 3.10. The first-order valence-electron chi connectivity index (χ1n) is 4.63. The van der Waals surface area contributed by atoms with Gasteiger partial charge in [0.2, 0.25) is 5.95 Å². The summed E-state index contributed by atoms with van der Waals surface area (Å²) >= 11 is 7.43. The zero-order valence-electron chi connectivity index (χ0n) is 8.64. The summed E-state index contributed by atoms with van der Waals surface area (Å²) in [6.07, 6.45) is 3.71. The summed E-state index contributed by atoms with van der Waals surface area (Å²) in [4.78, 5) is 9.22. The fraction of sp³-hybridized carbons (Fsp3) is 0.0909. The molecule has 0 saturated carbocycles. The van der Waals surface area contributed by atoms with E-state index in [4.69, 9.17) is 17.3 Å². The van der Waals surface area contributed by atoms with E-state index < -0.39 is 0 Å². The van der Waals surface area contributed by atoms with Crippen molar-refractivity contribution in [2.24, 2.45) is 0 Å². The standard InChI is InChI=1S/C11H10ClN3S/c1-16-9-6-14-11(13)15-10(9)7-2-4-8(12)5-3-7/h2-6H,1H3,(H2,13,14,15). The molecule has 0 aliphatic heterocycles. The van der Waals surface area contributed by atoms with E-state index in [0.717, 1.165) is 16.2 Å². The molecule has 0 spiro atoms. The maximum Gasteiger partial charge on any atom is 0.220 e. The summed E-state index contributed by atoms with van der Waals surface area (Å²) in [5, 5.41) is 0.705. The van der Waals surface area contributed by atoms with Gasteiger partial charge in [-0.05, 0) is 18.4 Å². The Kier molecular flexibility index (Phi) is 3.31. The lowest BCUT2D eigenvalue weighted by molar-refractivity contribution is 1.12. The van der Waals surface area contributed by atoms with Gasteiger partial charge in [-0.2, -0.15) is 0 Å². The van der Waals surface area contributed by atoms with Crippen molar-refractivity contribution in [3.8, 4) is 11.3 Å². The highest BCUT2D eigenvalue weighted by molar-refractivity contribution is 7.98. The first-order chi connectivity index (χ1) is 7.70. The molecule has 1 aromatic heterocycles. The first-order valence-corrected chi connectivity index (χ1v) is 6.23. The Bertz CT molecular complexity index is 499. The lowest BCUT2D eigenvalue weighted by Crippen LogP contribution is -1.97. The Morgan fingerprint density at radius 2 is 1.94 bits per heavy atom. The molecule has 3 nitrogen and oxygen atoms in total. The summed E-state index contributed by atoms with van der Waals surface area (Å²) in [5.74, 6) is 0.280. The minimum atomic E-state index is 0.280. The fourth-order valence-electron chi connectivity index (χ4n) is 1.35. The van der Waals surface area contributed by atoms with Crippen molar-refractivity contribution in [1.29, 1.82) is 0 Å². The summed E-state index contributed by atoms with van der Waals surface area (Å²) in [6, 6.07) is 7.51. The molecule has 0 bridgehead atoms.